The van der Waals surface area contributed by atoms with E-state index in [2.05, 4.69) is 11.8 Å². The number of rotatable bonds is 5. The maximum atomic E-state index is 12.0. The van der Waals surface area contributed by atoms with Gasteiger partial charge in [0.2, 0.25) is 0 Å². The Morgan fingerprint density at radius 1 is 1.04 bits per heavy atom. The number of ether oxygens (including phenoxy) is 1. The summed E-state index contributed by atoms with van der Waals surface area (Å²) in [7, 11) is -3.50. The van der Waals surface area contributed by atoms with Crippen LogP contribution in [0.3, 0.4) is 0 Å². The average Bonchev–Trinajstić information content (AvgIpc) is 2.62. The van der Waals surface area contributed by atoms with Crippen LogP contribution in [0, 0.1) is 22.0 Å². The Balaban J connectivity index is 1.88. The fourth-order valence-corrected chi connectivity index (χ4v) is 2.84. The van der Waals surface area contributed by atoms with E-state index in [0.717, 1.165) is 0 Å². The third-order valence-electron chi connectivity index (χ3n) is 3.08. The molecular formula is C17H13NO6S. The number of carbonyl (C=O) groups is 1. The molecule has 0 saturated carbocycles. The van der Waals surface area contributed by atoms with Crippen LogP contribution in [0.1, 0.15) is 10.4 Å². The molecule has 0 spiro atoms. The smallest absolute Gasteiger partial charge is 0.339 e. The SMILES string of the molecule is O=C(OCC#CCS(=O)(=O)c1ccccc1)c1ccc([N+](=O)[O-])cc1. The first kappa shape index (κ1) is 18.2. The molecule has 25 heavy (non-hydrogen) atoms. The van der Waals surface area contributed by atoms with Gasteiger partial charge in [-0.25, -0.2) is 13.2 Å². The van der Waals surface area contributed by atoms with Crippen LogP contribution in [-0.4, -0.2) is 31.7 Å². The van der Waals surface area contributed by atoms with Gasteiger partial charge in [-0.15, -0.1) is 0 Å². The van der Waals surface area contributed by atoms with Gasteiger partial charge in [-0.05, 0) is 24.3 Å². The molecule has 0 aliphatic heterocycles. The second kappa shape index (κ2) is 8.08. The van der Waals surface area contributed by atoms with Crippen LogP contribution in [0.4, 0.5) is 5.69 Å². The molecule has 0 aliphatic carbocycles. The molecule has 8 heteroatoms. The van der Waals surface area contributed by atoms with Gasteiger partial charge in [-0.3, -0.25) is 10.1 Å². The first-order valence-electron chi connectivity index (χ1n) is 7.05. The van der Waals surface area contributed by atoms with Crippen molar-refractivity contribution < 1.29 is 22.9 Å². The standard InChI is InChI=1S/C17H13NO6S/c19-17(14-8-10-15(11-9-14)18(20)21)24-12-4-5-13-25(22,23)16-6-2-1-3-7-16/h1-3,6-11H,12-13H2. The molecule has 0 atom stereocenters. The zero-order valence-corrected chi connectivity index (χ0v) is 13.7. The lowest BCUT2D eigenvalue weighted by Crippen LogP contribution is -2.07. The van der Waals surface area contributed by atoms with E-state index >= 15 is 0 Å². The molecule has 2 aromatic rings. The minimum Gasteiger partial charge on any atom is -0.449 e. The molecule has 128 valence electrons. The molecule has 0 radical (unpaired) electrons. The summed E-state index contributed by atoms with van der Waals surface area (Å²) in [5, 5.41) is 10.5. The molecule has 7 nitrogen and oxygen atoms in total. The van der Waals surface area contributed by atoms with Crippen molar-refractivity contribution in [1.29, 1.82) is 0 Å². The van der Waals surface area contributed by atoms with Gasteiger partial charge in [-0.2, -0.15) is 0 Å². The Morgan fingerprint density at radius 2 is 1.68 bits per heavy atom. The largest absolute Gasteiger partial charge is 0.449 e. The third-order valence-corrected chi connectivity index (χ3v) is 4.59. The molecule has 0 amide bonds. The van der Waals surface area contributed by atoms with Crippen LogP contribution in [0.25, 0.3) is 0 Å². The molecule has 0 unspecified atom stereocenters. The summed E-state index contributed by atoms with van der Waals surface area (Å²) in [4.78, 5) is 21.9. The van der Waals surface area contributed by atoms with E-state index in [9.17, 15) is 23.3 Å². The van der Waals surface area contributed by atoms with E-state index in [-0.39, 0.29) is 28.5 Å². The highest BCUT2D eigenvalue weighted by atomic mass is 32.2. The van der Waals surface area contributed by atoms with Crippen LogP contribution in [0.2, 0.25) is 0 Å². The lowest BCUT2D eigenvalue weighted by Gasteiger charge is -2.00. The van der Waals surface area contributed by atoms with E-state index in [4.69, 9.17) is 4.74 Å². The number of nitro benzene ring substituents is 1. The predicted molar refractivity (Wildman–Crippen MR) is 89.6 cm³/mol. The zero-order chi connectivity index (χ0) is 18.3. The number of benzene rings is 2. The summed E-state index contributed by atoms with van der Waals surface area (Å²) >= 11 is 0. The molecule has 0 aliphatic rings. The van der Waals surface area contributed by atoms with Gasteiger partial charge in [0.1, 0.15) is 5.75 Å². The molecule has 2 rings (SSSR count). The molecule has 0 bridgehead atoms. The van der Waals surface area contributed by atoms with Gasteiger partial charge in [-0.1, -0.05) is 30.0 Å². The number of carbonyl (C=O) groups excluding carboxylic acids is 1. The number of nitro groups is 1. The van der Waals surface area contributed by atoms with Crippen molar-refractivity contribution in [2.24, 2.45) is 0 Å². The Labute approximate surface area is 144 Å². The highest BCUT2D eigenvalue weighted by molar-refractivity contribution is 7.91. The Hall–Kier alpha value is -3.18. The van der Waals surface area contributed by atoms with Gasteiger partial charge in [0.05, 0.1) is 15.4 Å². The van der Waals surface area contributed by atoms with Crippen LogP contribution in [0.5, 0.6) is 0 Å². The molecule has 0 aromatic heterocycles. The number of hydrogen-bond acceptors (Lipinski definition) is 6. The zero-order valence-electron chi connectivity index (χ0n) is 12.9. The number of hydrogen-bond donors (Lipinski definition) is 0. The van der Waals surface area contributed by atoms with E-state index in [1.165, 1.54) is 36.4 Å². The first-order chi connectivity index (χ1) is 11.9. The number of esters is 1. The maximum absolute atomic E-state index is 12.0. The van der Waals surface area contributed by atoms with Crippen molar-refractivity contribution in [3.63, 3.8) is 0 Å². The van der Waals surface area contributed by atoms with Crippen molar-refractivity contribution >= 4 is 21.5 Å². The second-order valence-electron chi connectivity index (χ2n) is 4.81. The molecular weight excluding hydrogens is 346 g/mol. The number of nitrogens with zero attached hydrogens (tertiary/aromatic N) is 1. The number of non-ortho nitro benzene ring substituents is 1. The van der Waals surface area contributed by atoms with Gasteiger partial charge < -0.3 is 4.74 Å². The summed E-state index contributed by atoms with van der Waals surface area (Å²) in [6.45, 7) is -0.278. The van der Waals surface area contributed by atoms with Crippen molar-refractivity contribution in [1.82, 2.24) is 0 Å². The molecule has 0 fully saturated rings. The fourth-order valence-electron chi connectivity index (χ4n) is 1.81. The van der Waals surface area contributed by atoms with Gasteiger partial charge >= 0.3 is 5.97 Å². The lowest BCUT2D eigenvalue weighted by molar-refractivity contribution is -0.384. The second-order valence-corrected chi connectivity index (χ2v) is 6.80. The topological polar surface area (TPSA) is 104 Å². The van der Waals surface area contributed by atoms with Gasteiger partial charge in [0.25, 0.3) is 5.69 Å². The van der Waals surface area contributed by atoms with E-state index < -0.39 is 20.7 Å². The summed E-state index contributed by atoms with van der Waals surface area (Å²) in [5.74, 6) is 3.83. The third kappa shape index (κ3) is 5.16. The predicted octanol–water partition coefficient (Wildman–Crippen LogP) is 2.23. The molecule has 0 saturated heterocycles. The summed E-state index contributed by atoms with van der Waals surface area (Å²) in [5.41, 5.74) is 0.00627. The summed E-state index contributed by atoms with van der Waals surface area (Å²) in [6.07, 6.45) is 0. The van der Waals surface area contributed by atoms with E-state index in [1.807, 2.05) is 0 Å². The highest BCUT2D eigenvalue weighted by Gasteiger charge is 2.12. The van der Waals surface area contributed by atoms with Crippen LogP contribution >= 0.6 is 0 Å². The van der Waals surface area contributed by atoms with Crippen LogP contribution < -0.4 is 0 Å². The van der Waals surface area contributed by atoms with E-state index in [1.54, 1.807) is 18.2 Å². The minimum absolute atomic E-state index is 0.137. The van der Waals surface area contributed by atoms with Crippen molar-refractivity contribution in [3.8, 4) is 11.8 Å². The lowest BCUT2D eigenvalue weighted by atomic mass is 10.2. The Kier molecular flexibility index (Phi) is 5.87. The van der Waals surface area contributed by atoms with Gasteiger partial charge in [0, 0.05) is 12.1 Å². The molecule has 2 aromatic carbocycles. The van der Waals surface area contributed by atoms with Crippen molar-refractivity contribution in [3.05, 3.63) is 70.3 Å². The normalized spacial score (nSPS) is 10.4. The van der Waals surface area contributed by atoms with Crippen molar-refractivity contribution in [2.45, 2.75) is 4.90 Å². The summed E-state index contributed by atoms with van der Waals surface area (Å²) in [6, 6.07) is 12.8. The quantitative estimate of drug-likeness (QED) is 0.351. The van der Waals surface area contributed by atoms with Crippen molar-refractivity contribution in [2.75, 3.05) is 12.4 Å². The van der Waals surface area contributed by atoms with Gasteiger partial charge in [0.15, 0.2) is 16.4 Å². The van der Waals surface area contributed by atoms with Crippen LogP contribution in [0.15, 0.2) is 59.5 Å². The molecule has 0 heterocycles. The monoisotopic (exact) mass is 359 g/mol. The highest BCUT2D eigenvalue weighted by Crippen LogP contribution is 2.12. The van der Waals surface area contributed by atoms with Crippen LogP contribution in [-0.2, 0) is 14.6 Å². The fraction of sp³-hybridized carbons (Fsp3) is 0.118. The minimum atomic E-state index is -3.50. The first-order valence-corrected chi connectivity index (χ1v) is 8.70. The summed E-state index contributed by atoms with van der Waals surface area (Å²) < 4.78 is 28.8. The number of sulfone groups is 1. The van der Waals surface area contributed by atoms with E-state index in [0.29, 0.717) is 0 Å². The average molecular weight is 359 g/mol. The Morgan fingerprint density at radius 3 is 2.28 bits per heavy atom. The maximum Gasteiger partial charge on any atom is 0.339 e. The molecule has 0 N–H and O–H groups in total. The Bertz CT molecular complexity index is 925.